The summed E-state index contributed by atoms with van der Waals surface area (Å²) in [6.07, 6.45) is 12.7. The highest BCUT2D eigenvalue weighted by Gasteiger charge is 2.29. The summed E-state index contributed by atoms with van der Waals surface area (Å²) in [4.78, 5) is 0. The number of hydrogen-bond donors (Lipinski definition) is 1. The van der Waals surface area contributed by atoms with Crippen molar-refractivity contribution in [3.05, 3.63) is 0 Å². The Morgan fingerprint density at radius 3 is 2.25 bits per heavy atom. The van der Waals surface area contributed by atoms with Crippen LogP contribution in [0.5, 0.6) is 0 Å². The van der Waals surface area contributed by atoms with Crippen LogP contribution in [0.15, 0.2) is 0 Å². The molecule has 1 saturated carbocycles. The molecule has 2 nitrogen and oxygen atoms in total. The Labute approximate surface area is 126 Å². The molecule has 1 aliphatic heterocycles. The Hall–Kier alpha value is -0.0800. The van der Waals surface area contributed by atoms with E-state index in [9.17, 15) is 0 Å². The SMILES string of the molecule is CCCC1CCC(C(CC2CCOCC2)NCC)CC1. The van der Waals surface area contributed by atoms with E-state index in [4.69, 9.17) is 4.74 Å². The number of ether oxygens (including phenoxy) is 1. The van der Waals surface area contributed by atoms with Crippen LogP contribution in [0.2, 0.25) is 0 Å². The topological polar surface area (TPSA) is 21.3 Å². The summed E-state index contributed by atoms with van der Waals surface area (Å²) in [5.41, 5.74) is 0. The molecule has 1 N–H and O–H groups in total. The Balaban J connectivity index is 1.78. The van der Waals surface area contributed by atoms with E-state index in [1.165, 1.54) is 57.8 Å². The van der Waals surface area contributed by atoms with Crippen molar-refractivity contribution in [2.45, 2.75) is 77.7 Å². The molecule has 20 heavy (non-hydrogen) atoms. The van der Waals surface area contributed by atoms with E-state index in [0.717, 1.165) is 43.6 Å². The van der Waals surface area contributed by atoms with Crippen molar-refractivity contribution < 1.29 is 4.74 Å². The third kappa shape index (κ3) is 5.04. The summed E-state index contributed by atoms with van der Waals surface area (Å²) < 4.78 is 5.51. The van der Waals surface area contributed by atoms with Gasteiger partial charge >= 0.3 is 0 Å². The summed E-state index contributed by atoms with van der Waals surface area (Å²) in [5, 5.41) is 3.81. The van der Waals surface area contributed by atoms with Gasteiger partial charge in [0.15, 0.2) is 0 Å². The number of nitrogens with one attached hydrogen (secondary N) is 1. The van der Waals surface area contributed by atoms with Gasteiger partial charge in [0.1, 0.15) is 0 Å². The predicted octanol–water partition coefficient (Wildman–Crippen LogP) is 4.39. The van der Waals surface area contributed by atoms with Crippen LogP contribution in [-0.4, -0.2) is 25.8 Å². The molecule has 2 rings (SSSR count). The van der Waals surface area contributed by atoms with Gasteiger partial charge in [-0.15, -0.1) is 0 Å². The van der Waals surface area contributed by atoms with Crippen LogP contribution in [0.3, 0.4) is 0 Å². The zero-order valence-corrected chi connectivity index (χ0v) is 13.7. The molecule has 2 heteroatoms. The quantitative estimate of drug-likeness (QED) is 0.747. The molecule has 0 spiro atoms. The average molecular weight is 281 g/mol. The number of rotatable bonds is 7. The van der Waals surface area contributed by atoms with Gasteiger partial charge in [-0.3, -0.25) is 0 Å². The monoisotopic (exact) mass is 281 g/mol. The lowest BCUT2D eigenvalue weighted by molar-refractivity contribution is 0.0557. The van der Waals surface area contributed by atoms with Gasteiger partial charge in [0, 0.05) is 19.3 Å². The van der Waals surface area contributed by atoms with Crippen molar-refractivity contribution in [2.75, 3.05) is 19.8 Å². The first kappa shape index (κ1) is 16.3. The van der Waals surface area contributed by atoms with Crippen LogP contribution in [0, 0.1) is 17.8 Å². The van der Waals surface area contributed by atoms with Gasteiger partial charge in [-0.2, -0.15) is 0 Å². The Morgan fingerprint density at radius 2 is 1.65 bits per heavy atom. The van der Waals surface area contributed by atoms with Gasteiger partial charge in [0.25, 0.3) is 0 Å². The molecule has 1 atom stereocenters. The molecule has 2 fully saturated rings. The molecule has 1 aliphatic carbocycles. The summed E-state index contributed by atoms with van der Waals surface area (Å²) >= 11 is 0. The van der Waals surface area contributed by atoms with Crippen molar-refractivity contribution >= 4 is 0 Å². The standard InChI is InChI=1S/C18H35NO/c1-3-5-15-6-8-17(9-7-15)18(19-4-2)14-16-10-12-20-13-11-16/h15-19H,3-14H2,1-2H3. The fourth-order valence-electron chi connectivity index (χ4n) is 4.33. The molecular weight excluding hydrogens is 246 g/mol. The first-order chi connectivity index (χ1) is 9.83. The van der Waals surface area contributed by atoms with Crippen molar-refractivity contribution in [1.82, 2.24) is 5.32 Å². The van der Waals surface area contributed by atoms with Crippen LogP contribution in [0.25, 0.3) is 0 Å². The highest BCUT2D eigenvalue weighted by Crippen LogP contribution is 2.35. The molecular formula is C18H35NO. The van der Waals surface area contributed by atoms with Gasteiger partial charge in [0.2, 0.25) is 0 Å². The van der Waals surface area contributed by atoms with Gasteiger partial charge in [-0.1, -0.05) is 39.5 Å². The minimum Gasteiger partial charge on any atom is -0.381 e. The lowest BCUT2D eigenvalue weighted by atomic mass is 9.74. The minimum atomic E-state index is 0.769. The molecule has 0 amide bonds. The third-order valence-electron chi connectivity index (χ3n) is 5.55. The van der Waals surface area contributed by atoms with Crippen LogP contribution < -0.4 is 5.32 Å². The summed E-state index contributed by atoms with van der Waals surface area (Å²) in [6.45, 7) is 7.71. The smallest absolute Gasteiger partial charge is 0.0468 e. The Kier molecular flexibility index (Phi) is 7.37. The summed E-state index contributed by atoms with van der Waals surface area (Å²) in [5.74, 6) is 2.87. The predicted molar refractivity (Wildman–Crippen MR) is 86.0 cm³/mol. The lowest BCUT2D eigenvalue weighted by Crippen LogP contribution is -2.40. The number of hydrogen-bond acceptors (Lipinski definition) is 2. The summed E-state index contributed by atoms with van der Waals surface area (Å²) in [6, 6.07) is 0.769. The normalized spacial score (nSPS) is 30.3. The fraction of sp³-hybridized carbons (Fsp3) is 1.00. The van der Waals surface area contributed by atoms with Crippen LogP contribution >= 0.6 is 0 Å². The van der Waals surface area contributed by atoms with E-state index in [1.54, 1.807) is 0 Å². The van der Waals surface area contributed by atoms with Crippen molar-refractivity contribution in [3.8, 4) is 0 Å². The van der Waals surface area contributed by atoms with Gasteiger partial charge in [-0.05, 0) is 56.4 Å². The summed E-state index contributed by atoms with van der Waals surface area (Å²) in [7, 11) is 0. The van der Waals surface area contributed by atoms with E-state index in [1.807, 2.05) is 0 Å². The lowest BCUT2D eigenvalue weighted by Gasteiger charge is -2.36. The van der Waals surface area contributed by atoms with Crippen molar-refractivity contribution in [2.24, 2.45) is 17.8 Å². The van der Waals surface area contributed by atoms with Crippen LogP contribution in [-0.2, 0) is 4.74 Å². The second-order valence-electron chi connectivity index (χ2n) is 7.03. The first-order valence-electron chi connectivity index (χ1n) is 9.14. The molecule has 1 saturated heterocycles. The maximum absolute atomic E-state index is 5.51. The largest absolute Gasteiger partial charge is 0.381 e. The Morgan fingerprint density at radius 1 is 0.950 bits per heavy atom. The fourth-order valence-corrected chi connectivity index (χ4v) is 4.33. The molecule has 0 bridgehead atoms. The van der Waals surface area contributed by atoms with Crippen molar-refractivity contribution in [3.63, 3.8) is 0 Å². The van der Waals surface area contributed by atoms with E-state index < -0.39 is 0 Å². The maximum Gasteiger partial charge on any atom is 0.0468 e. The molecule has 0 aromatic carbocycles. The second-order valence-corrected chi connectivity index (χ2v) is 7.03. The molecule has 0 aromatic heterocycles. The van der Waals surface area contributed by atoms with E-state index in [-0.39, 0.29) is 0 Å². The zero-order valence-electron chi connectivity index (χ0n) is 13.7. The first-order valence-corrected chi connectivity index (χ1v) is 9.14. The molecule has 1 unspecified atom stereocenters. The van der Waals surface area contributed by atoms with Gasteiger partial charge < -0.3 is 10.1 Å². The van der Waals surface area contributed by atoms with Gasteiger partial charge in [-0.25, -0.2) is 0 Å². The van der Waals surface area contributed by atoms with Crippen LogP contribution in [0.1, 0.15) is 71.6 Å². The minimum absolute atomic E-state index is 0.769. The molecule has 0 radical (unpaired) electrons. The Bertz CT molecular complexity index is 242. The maximum atomic E-state index is 5.51. The zero-order chi connectivity index (χ0) is 14.2. The highest BCUT2D eigenvalue weighted by molar-refractivity contribution is 4.84. The van der Waals surface area contributed by atoms with E-state index >= 15 is 0 Å². The molecule has 0 aromatic rings. The van der Waals surface area contributed by atoms with E-state index in [2.05, 4.69) is 19.2 Å². The molecule has 2 aliphatic rings. The molecule has 1 heterocycles. The van der Waals surface area contributed by atoms with Crippen molar-refractivity contribution in [1.29, 1.82) is 0 Å². The average Bonchev–Trinajstić information content (AvgIpc) is 2.49. The van der Waals surface area contributed by atoms with E-state index in [0.29, 0.717) is 0 Å². The van der Waals surface area contributed by atoms with Crippen LogP contribution in [0.4, 0.5) is 0 Å². The molecule has 118 valence electrons. The second kappa shape index (κ2) is 9.04. The highest BCUT2D eigenvalue weighted by atomic mass is 16.5. The third-order valence-corrected chi connectivity index (χ3v) is 5.55. The van der Waals surface area contributed by atoms with Gasteiger partial charge in [0.05, 0.1) is 0 Å².